The molecule has 0 bridgehead atoms. The fourth-order valence-corrected chi connectivity index (χ4v) is 2.97. The van der Waals surface area contributed by atoms with Crippen LogP contribution in [0.5, 0.6) is 0 Å². The second kappa shape index (κ2) is 5.80. The van der Waals surface area contributed by atoms with Crippen LogP contribution in [0, 0.1) is 0 Å². The fraction of sp³-hybridized carbons (Fsp3) is 0.0769. The lowest BCUT2D eigenvalue weighted by Crippen LogP contribution is -1.89. The normalized spacial score (nSPS) is 10.5. The number of nitrogen functional groups attached to an aromatic ring is 1. The van der Waals surface area contributed by atoms with Gasteiger partial charge in [-0.05, 0) is 29.8 Å². The second-order valence-electron chi connectivity index (χ2n) is 3.57. The summed E-state index contributed by atoms with van der Waals surface area (Å²) >= 11 is 11.2. The molecule has 0 saturated heterocycles. The average molecular weight is 329 g/mol. The Balaban J connectivity index is 2.10. The highest BCUT2D eigenvalue weighted by Crippen LogP contribution is 2.34. The lowest BCUT2D eigenvalue weighted by molar-refractivity contribution is 1.38. The van der Waals surface area contributed by atoms with Crippen molar-refractivity contribution in [2.24, 2.45) is 0 Å². The fourth-order valence-electron chi connectivity index (χ4n) is 1.41. The lowest BCUT2D eigenvalue weighted by atomic mass is 10.2. The minimum atomic E-state index is 0.715. The third-order valence-electron chi connectivity index (χ3n) is 2.29. The van der Waals surface area contributed by atoms with E-state index in [1.807, 2.05) is 30.3 Å². The van der Waals surface area contributed by atoms with E-state index < -0.39 is 0 Å². The molecular weight excluding hydrogens is 318 g/mol. The van der Waals surface area contributed by atoms with Gasteiger partial charge in [0.15, 0.2) is 0 Å². The van der Waals surface area contributed by atoms with Crippen LogP contribution in [0.2, 0.25) is 5.02 Å². The third kappa shape index (κ3) is 3.41. The van der Waals surface area contributed by atoms with Gasteiger partial charge in [-0.15, -0.1) is 11.8 Å². The smallest absolute Gasteiger partial charge is 0.0562 e. The Morgan fingerprint density at radius 3 is 2.47 bits per heavy atom. The van der Waals surface area contributed by atoms with E-state index in [4.69, 9.17) is 17.3 Å². The number of hydrogen-bond donors (Lipinski definition) is 1. The molecule has 0 spiro atoms. The molecule has 0 atom stereocenters. The minimum absolute atomic E-state index is 0.715. The van der Waals surface area contributed by atoms with E-state index in [1.165, 1.54) is 5.56 Å². The van der Waals surface area contributed by atoms with E-state index in [-0.39, 0.29) is 0 Å². The van der Waals surface area contributed by atoms with Crippen molar-refractivity contribution >= 4 is 45.0 Å². The van der Waals surface area contributed by atoms with E-state index in [0.717, 1.165) is 20.8 Å². The summed E-state index contributed by atoms with van der Waals surface area (Å²) in [5, 5.41) is 0.715. The number of halogens is 2. The Morgan fingerprint density at radius 2 is 1.82 bits per heavy atom. The molecule has 0 aliphatic rings. The molecule has 0 aliphatic carbocycles. The number of nitrogens with two attached hydrogens (primary N) is 1. The molecule has 2 N–H and O–H groups in total. The molecule has 17 heavy (non-hydrogen) atoms. The van der Waals surface area contributed by atoms with E-state index in [0.29, 0.717) is 5.02 Å². The Bertz CT molecular complexity index is 493. The zero-order chi connectivity index (χ0) is 12.3. The molecular formula is C13H11BrClNS. The molecule has 0 unspecified atom stereocenters. The minimum Gasteiger partial charge on any atom is -0.398 e. The van der Waals surface area contributed by atoms with Gasteiger partial charge in [0.2, 0.25) is 0 Å². The Labute approximate surface area is 118 Å². The number of hydrogen-bond acceptors (Lipinski definition) is 2. The Morgan fingerprint density at radius 1 is 1.12 bits per heavy atom. The molecule has 2 rings (SSSR count). The number of rotatable bonds is 3. The SMILES string of the molecule is Nc1cccc(Cl)c1SCc1ccc(Br)cc1. The first kappa shape index (κ1) is 12.8. The maximum atomic E-state index is 6.11. The van der Waals surface area contributed by atoms with E-state index in [1.54, 1.807) is 11.8 Å². The molecule has 2 aromatic carbocycles. The van der Waals surface area contributed by atoms with Crippen LogP contribution in [-0.2, 0) is 5.75 Å². The van der Waals surface area contributed by atoms with Gasteiger partial charge in [-0.2, -0.15) is 0 Å². The van der Waals surface area contributed by atoms with Crippen LogP contribution in [0.4, 0.5) is 5.69 Å². The maximum Gasteiger partial charge on any atom is 0.0562 e. The quantitative estimate of drug-likeness (QED) is 0.635. The Hall–Kier alpha value is -0.640. The van der Waals surface area contributed by atoms with Gasteiger partial charge in [-0.1, -0.05) is 45.7 Å². The highest BCUT2D eigenvalue weighted by molar-refractivity contribution is 9.10. The van der Waals surface area contributed by atoms with Crippen molar-refractivity contribution < 1.29 is 0 Å². The topological polar surface area (TPSA) is 26.0 Å². The van der Waals surface area contributed by atoms with Gasteiger partial charge >= 0.3 is 0 Å². The van der Waals surface area contributed by atoms with Crippen LogP contribution < -0.4 is 5.73 Å². The summed E-state index contributed by atoms with van der Waals surface area (Å²) in [7, 11) is 0. The van der Waals surface area contributed by atoms with Crippen LogP contribution in [0.15, 0.2) is 51.8 Å². The monoisotopic (exact) mass is 327 g/mol. The molecule has 4 heteroatoms. The van der Waals surface area contributed by atoms with Crippen LogP contribution in [0.3, 0.4) is 0 Å². The first-order valence-electron chi connectivity index (χ1n) is 5.08. The van der Waals surface area contributed by atoms with Gasteiger partial charge < -0.3 is 5.73 Å². The molecule has 0 fully saturated rings. The molecule has 0 amide bonds. The van der Waals surface area contributed by atoms with Gasteiger partial charge in [0, 0.05) is 20.8 Å². The maximum absolute atomic E-state index is 6.11. The van der Waals surface area contributed by atoms with Crippen molar-refractivity contribution in [1.29, 1.82) is 0 Å². The summed E-state index contributed by atoms with van der Waals surface area (Å²) in [6.45, 7) is 0. The van der Waals surface area contributed by atoms with Crippen LogP contribution in [0.25, 0.3) is 0 Å². The highest BCUT2D eigenvalue weighted by Gasteiger charge is 2.05. The van der Waals surface area contributed by atoms with Crippen LogP contribution in [-0.4, -0.2) is 0 Å². The number of anilines is 1. The molecule has 0 aromatic heterocycles. The second-order valence-corrected chi connectivity index (χ2v) is 5.88. The average Bonchev–Trinajstić information content (AvgIpc) is 2.31. The summed E-state index contributed by atoms with van der Waals surface area (Å²) < 4.78 is 1.09. The van der Waals surface area contributed by atoms with Crippen molar-refractivity contribution in [3.8, 4) is 0 Å². The highest BCUT2D eigenvalue weighted by atomic mass is 79.9. The van der Waals surface area contributed by atoms with Crippen molar-refractivity contribution in [3.05, 3.63) is 57.5 Å². The van der Waals surface area contributed by atoms with Crippen LogP contribution >= 0.6 is 39.3 Å². The lowest BCUT2D eigenvalue weighted by Gasteiger charge is -2.07. The zero-order valence-corrected chi connectivity index (χ0v) is 12.1. The molecule has 0 heterocycles. The van der Waals surface area contributed by atoms with E-state index >= 15 is 0 Å². The summed E-state index contributed by atoms with van der Waals surface area (Å²) in [6.07, 6.45) is 0. The first-order valence-corrected chi connectivity index (χ1v) is 7.23. The van der Waals surface area contributed by atoms with Crippen molar-refractivity contribution in [1.82, 2.24) is 0 Å². The molecule has 0 radical (unpaired) electrons. The molecule has 0 aliphatic heterocycles. The predicted molar refractivity (Wildman–Crippen MR) is 79.6 cm³/mol. The van der Waals surface area contributed by atoms with E-state index in [2.05, 4.69) is 28.1 Å². The summed E-state index contributed by atoms with van der Waals surface area (Å²) in [6, 6.07) is 13.8. The first-order chi connectivity index (χ1) is 8.16. The third-order valence-corrected chi connectivity index (χ3v) is 4.47. The molecule has 0 saturated carbocycles. The number of benzene rings is 2. The van der Waals surface area contributed by atoms with Crippen LogP contribution in [0.1, 0.15) is 5.56 Å². The van der Waals surface area contributed by atoms with E-state index in [9.17, 15) is 0 Å². The van der Waals surface area contributed by atoms with Gasteiger partial charge in [-0.3, -0.25) is 0 Å². The van der Waals surface area contributed by atoms with Gasteiger partial charge in [0.05, 0.1) is 5.02 Å². The molecule has 1 nitrogen and oxygen atoms in total. The van der Waals surface area contributed by atoms with Gasteiger partial charge in [-0.25, -0.2) is 0 Å². The molecule has 88 valence electrons. The summed E-state index contributed by atoms with van der Waals surface area (Å²) in [4.78, 5) is 0.956. The largest absolute Gasteiger partial charge is 0.398 e. The van der Waals surface area contributed by atoms with Crippen molar-refractivity contribution in [2.75, 3.05) is 5.73 Å². The van der Waals surface area contributed by atoms with Gasteiger partial charge in [0.25, 0.3) is 0 Å². The van der Waals surface area contributed by atoms with Crippen molar-refractivity contribution in [3.63, 3.8) is 0 Å². The summed E-state index contributed by atoms with van der Waals surface area (Å²) in [5.74, 6) is 0.862. The zero-order valence-electron chi connectivity index (χ0n) is 8.99. The number of thioether (sulfide) groups is 1. The standard InChI is InChI=1S/C13H11BrClNS/c14-10-6-4-9(5-7-10)8-17-13-11(15)2-1-3-12(13)16/h1-7H,8,16H2. The van der Waals surface area contributed by atoms with Gasteiger partial charge in [0.1, 0.15) is 0 Å². The molecule has 2 aromatic rings. The Kier molecular flexibility index (Phi) is 4.37. The van der Waals surface area contributed by atoms with Crippen molar-refractivity contribution in [2.45, 2.75) is 10.6 Å². The predicted octanol–water partition coefficient (Wildman–Crippen LogP) is 4.98. The summed E-state index contributed by atoms with van der Waals surface area (Å²) in [5.41, 5.74) is 7.88.